The number of anilines is 1. The van der Waals surface area contributed by atoms with Crippen LogP contribution < -0.4 is 5.32 Å². The number of aromatic nitrogens is 2. The van der Waals surface area contributed by atoms with Crippen LogP contribution in [0, 0.1) is 0 Å². The van der Waals surface area contributed by atoms with Gasteiger partial charge >= 0.3 is 0 Å². The Kier molecular flexibility index (Phi) is 3.65. The highest BCUT2D eigenvalue weighted by molar-refractivity contribution is 6.32. The van der Waals surface area contributed by atoms with Crippen molar-refractivity contribution >= 4 is 29.0 Å². The van der Waals surface area contributed by atoms with Gasteiger partial charge in [-0.2, -0.15) is 0 Å². The minimum absolute atomic E-state index is 0.171. The Bertz CT molecular complexity index is 332. The normalized spacial score (nSPS) is 26.3. The van der Waals surface area contributed by atoms with Gasteiger partial charge in [-0.1, -0.05) is 24.4 Å². The molecule has 0 aromatic carbocycles. The van der Waals surface area contributed by atoms with Gasteiger partial charge in [-0.3, -0.25) is 0 Å². The summed E-state index contributed by atoms with van der Waals surface area (Å²) in [5, 5.41) is 4.00. The molecule has 1 saturated carbocycles. The molecule has 1 heterocycles. The van der Waals surface area contributed by atoms with Gasteiger partial charge in [0.05, 0.1) is 11.6 Å². The van der Waals surface area contributed by atoms with E-state index >= 15 is 0 Å². The van der Waals surface area contributed by atoms with Gasteiger partial charge in [0.1, 0.15) is 17.2 Å². The first-order chi connectivity index (χ1) is 7.27. The Labute approximate surface area is 99.2 Å². The number of nitrogens with one attached hydrogen (secondary N) is 1. The smallest absolute Gasteiger partial charge is 0.148 e. The van der Waals surface area contributed by atoms with Crippen molar-refractivity contribution in [3.8, 4) is 0 Å². The quantitative estimate of drug-likeness (QED) is 0.815. The van der Waals surface area contributed by atoms with E-state index in [1.807, 2.05) is 0 Å². The third-order valence-corrected chi connectivity index (χ3v) is 3.47. The molecule has 0 aliphatic heterocycles. The Balaban J connectivity index is 2.04. The molecule has 82 valence electrons. The Morgan fingerprint density at radius 3 is 2.87 bits per heavy atom. The van der Waals surface area contributed by atoms with Crippen LogP contribution in [0.1, 0.15) is 25.7 Å². The molecule has 1 aromatic rings. The SMILES string of the molecule is Clc1cncnc1NC1CCCCC1Cl. The van der Waals surface area contributed by atoms with Crippen molar-refractivity contribution in [1.82, 2.24) is 9.97 Å². The maximum absolute atomic E-state index is 6.24. The maximum Gasteiger partial charge on any atom is 0.148 e. The van der Waals surface area contributed by atoms with Crippen molar-refractivity contribution in [2.75, 3.05) is 5.32 Å². The predicted molar refractivity (Wildman–Crippen MR) is 62.6 cm³/mol. The van der Waals surface area contributed by atoms with Crippen LogP contribution in [0.15, 0.2) is 12.5 Å². The molecule has 2 atom stereocenters. The zero-order valence-corrected chi connectivity index (χ0v) is 9.80. The maximum atomic E-state index is 6.24. The summed E-state index contributed by atoms with van der Waals surface area (Å²) in [6.45, 7) is 0. The van der Waals surface area contributed by atoms with Gasteiger partial charge in [-0.25, -0.2) is 9.97 Å². The first-order valence-electron chi connectivity index (χ1n) is 5.13. The zero-order valence-electron chi connectivity index (χ0n) is 8.29. The summed E-state index contributed by atoms with van der Waals surface area (Å²) in [7, 11) is 0. The van der Waals surface area contributed by atoms with Crippen LogP contribution in [0.25, 0.3) is 0 Å². The lowest BCUT2D eigenvalue weighted by Crippen LogP contribution is -2.33. The second kappa shape index (κ2) is 4.99. The molecule has 1 fully saturated rings. The molecule has 0 saturated heterocycles. The van der Waals surface area contributed by atoms with Crippen LogP contribution in [0.4, 0.5) is 5.82 Å². The van der Waals surface area contributed by atoms with Gasteiger partial charge < -0.3 is 5.32 Å². The minimum Gasteiger partial charge on any atom is -0.365 e. The van der Waals surface area contributed by atoms with E-state index in [2.05, 4.69) is 15.3 Å². The fourth-order valence-corrected chi connectivity index (χ4v) is 2.35. The molecule has 0 bridgehead atoms. The van der Waals surface area contributed by atoms with Crippen LogP contribution in [0.3, 0.4) is 0 Å². The highest BCUT2D eigenvalue weighted by atomic mass is 35.5. The summed E-state index contributed by atoms with van der Waals surface area (Å²) in [5.74, 6) is 0.684. The molecule has 2 unspecified atom stereocenters. The summed E-state index contributed by atoms with van der Waals surface area (Å²) in [6, 6.07) is 0.271. The number of rotatable bonds is 2. The van der Waals surface area contributed by atoms with Gasteiger partial charge in [0.25, 0.3) is 0 Å². The van der Waals surface area contributed by atoms with Crippen molar-refractivity contribution in [3.05, 3.63) is 17.5 Å². The average molecular weight is 246 g/mol. The number of hydrogen-bond donors (Lipinski definition) is 1. The molecule has 1 aromatic heterocycles. The molecule has 1 N–H and O–H groups in total. The van der Waals surface area contributed by atoms with Crippen LogP contribution in [0.2, 0.25) is 5.02 Å². The van der Waals surface area contributed by atoms with Gasteiger partial charge in [-0.05, 0) is 12.8 Å². The second-order valence-electron chi connectivity index (χ2n) is 3.77. The molecule has 0 radical (unpaired) electrons. The average Bonchev–Trinajstić information content (AvgIpc) is 2.24. The molecule has 0 amide bonds. The van der Waals surface area contributed by atoms with Crippen LogP contribution in [0.5, 0.6) is 0 Å². The van der Waals surface area contributed by atoms with Crippen molar-refractivity contribution < 1.29 is 0 Å². The number of alkyl halides is 1. The lowest BCUT2D eigenvalue weighted by atomic mass is 9.95. The van der Waals surface area contributed by atoms with E-state index in [9.17, 15) is 0 Å². The fraction of sp³-hybridized carbons (Fsp3) is 0.600. The van der Waals surface area contributed by atoms with E-state index < -0.39 is 0 Å². The summed E-state index contributed by atoms with van der Waals surface area (Å²) < 4.78 is 0. The first-order valence-corrected chi connectivity index (χ1v) is 5.95. The van der Waals surface area contributed by atoms with Crippen LogP contribution >= 0.6 is 23.2 Å². The Morgan fingerprint density at radius 1 is 1.33 bits per heavy atom. The van der Waals surface area contributed by atoms with E-state index in [4.69, 9.17) is 23.2 Å². The monoisotopic (exact) mass is 245 g/mol. The van der Waals surface area contributed by atoms with E-state index in [1.165, 1.54) is 19.2 Å². The van der Waals surface area contributed by atoms with Crippen LogP contribution in [-0.4, -0.2) is 21.4 Å². The molecular weight excluding hydrogens is 233 g/mol. The third kappa shape index (κ3) is 2.73. The van der Waals surface area contributed by atoms with Gasteiger partial charge in [0.15, 0.2) is 0 Å². The molecule has 5 heteroatoms. The van der Waals surface area contributed by atoms with Gasteiger partial charge in [0, 0.05) is 6.04 Å². The van der Waals surface area contributed by atoms with Crippen molar-refractivity contribution in [1.29, 1.82) is 0 Å². The van der Waals surface area contributed by atoms with Crippen molar-refractivity contribution in [3.63, 3.8) is 0 Å². The van der Waals surface area contributed by atoms with Gasteiger partial charge in [0.2, 0.25) is 0 Å². The molecule has 1 aliphatic carbocycles. The summed E-state index contributed by atoms with van der Waals surface area (Å²) in [4.78, 5) is 7.93. The molecule has 3 nitrogen and oxygen atoms in total. The second-order valence-corrected chi connectivity index (χ2v) is 4.74. The fourth-order valence-electron chi connectivity index (χ4n) is 1.84. The summed E-state index contributed by atoms with van der Waals surface area (Å²) in [5.41, 5.74) is 0. The highest BCUT2D eigenvalue weighted by Gasteiger charge is 2.23. The molecule has 0 spiro atoms. The van der Waals surface area contributed by atoms with E-state index in [0.29, 0.717) is 10.8 Å². The topological polar surface area (TPSA) is 37.8 Å². The summed E-state index contributed by atoms with van der Waals surface area (Å²) in [6.07, 6.45) is 7.63. The Hall–Kier alpha value is -0.540. The predicted octanol–water partition coefficient (Wildman–Crippen LogP) is 3.09. The van der Waals surface area contributed by atoms with E-state index in [0.717, 1.165) is 12.8 Å². The highest BCUT2D eigenvalue weighted by Crippen LogP contribution is 2.27. The Morgan fingerprint density at radius 2 is 2.13 bits per heavy atom. The van der Waals surface area contributed by atoms with E-state index in [1.54, 1.807) is 6.20 Å². The standard InChI is InChI=1S/C10H13Cl2N3/c11-7-3-1-2-4-9(7)15-10-8(12)5-13-6-14-10/h5-7,9H,1-4H2,(H,13,14,15). The number of halogens is 2. The minimum atomic E-state index is 0.171. The lowest BCUT2D eigenvalue weighted by molar-refractivity contribution is 0.468. The largest absolute Gasteiger partial charge is 0.365 e. The van der Waals surface area contributed by atoms with Crippen molar-refractivity contribution in [2.24, 2.45) is 0 Å². The van der Waals surface area contributed by atoms with Crippen molar-refractivity contribution in [2.45, 2.75) is 37.1 Å². The molecule has 2 rings (SSSR count). The lowest BCUT2D eigenvalue weighted by Gasteiger charge is -2.28. The number of nitrogens with zero attached hydrogens (tertiary/aromatic N) is 2. The third-order valence-electron chi connectivity index (χ3n) is 2.67. The molecule has 1 aliphatic rings. The molecular formula is C10H13Cl2N3. The first kappa shape index (κ1) is 11.0. The van der Waals surface area contributed by atoms with E-state index in [-0.39, 0.29) is 11.4 Å². The summed E-state index contributed by atoms with van der Waals surface area (Å²) >= 11 is 12.2. The zero-order chi connectivity index (χ0) is 10.7. The van der Waals surface area contributed by atoms with Gasteiger partial charge in [-0.15, -0.1) is 11.6 Å². The van der Waals surface area contributed by atoms with Crippen LogP contribution in [-0.2, 0) is 0 Å². The molecule has 15 heavy (non-hydrogen) atoms. The number of hydrogen-bond acceptors (Lipinski definition) is 3.